The molecule has 0 aromatic carbocycles. The second-order valence-corrected chi connectivity index (χ2v) is 28.2. The second kappa shape index (κ2) is 30.9. The molecule has 41 heavy (non-hydrogen) atoms. The van der Waals surface area contributed by atoms with Gasteiger partial charge in [0.05, 0.1) is 18.1 Å². The summed E-state index contributed by atoms with van der Waals surface area (Å²) in [5, 5.41) is 17.0. The first-order chi connectivity index (χ1) is 18.7. The molecule has 0 heterocycles. The van der Waals surface area contributed by atoms with Crippen LogP contribution in [0.1, 0.15) is 114 Å². The minimum atomic E-state index is 0. The minimum absolute atomic E-state index is 0. The number of nitriles is 2. The van der Waals surface area contributed by atoms with Crippen molar-refractivity contribution in [3.05, 3.63) is 46.6 Å². The maximum atomic E-state index is 8.68. The zero-order chi connectivity index (χ0) is 31.8. The summed E-state index contributed by atoms with van der Waals surface area (Å²) in [5.41, 5.74) is 11.9. The van der Waals surface area contributed by atoms with E-state index >= 15 is 0 Å². The molecule has 0 aromatic heterocycles. The van der Waals surface area contributed by atoms with E-state index in [1.165, 1.54) is 42.4 Å². The van der Waals surface area contributed by atoms with Crippen LogP contribution in [0.2, 0.25) is 0 Å². The van der Waals surface area contributed by atoms with Gasteiger partial charge in [0.15, 0.2) is 0 Å². The molecule has 2 aliphatic carbocycles. The number of rotatable bonds is 10. The first-order valence-electron chi connectivity index (χ1n) is 13.8. The molecule has 2 N–H and O–H groups in total. The van der Waals surface area contributed by atoms with Crippen LogP contribution in [0, 0.1) is 45.3 Å². The fourth-order valence-corrected chi connectivity index (χ4v) is 4.22. The quantitative estimate of drug-likeness (QED) is 0.135. The van der Waals surface area contributed by atoms with Crippen molar-refractivity contribution in [2.75, 3.05) is 6.54 Å². The Bertz CT molecular complexity index is 873. The molecular formula is C32H54I6N3-. The van der Waals surface area contributed by atoms with E-state index in [0.717, 1.165) is 43.7 Å². The van der Waals surface area contributed by atoms with Crippen LogP contribution in [0.5, 0.6) is 0 Å². The van der Waals surface area contributed by atoms with Crippen molar-refractivity contribution >= 4 is 98.4 Å². The molecule has 4 atom stereocenters. The van der Waals surface area contributed by atoms with E-state index in [-0.39, 0.29) is 24.0 Å². The topological polar surface area (TPSA) is 73.6 Å². The van der Waals surface area contributed by atoms with Crippen LogP contribution in [0.4, 0.5) is 0 Å². The molecule has 4 unspecified atom stereocenters. The van der Waals surface area contributed by atoms with Crippen LogP contribution in [0.3, 0.4) is 0 Å². The molecule has 3 nitrogen and oxygen atoms in total. The van der Waals surface area contributed by atoms with Gasteiger partial charge in [-0.05, 0) is 123 Å². The molecular weight excluding hydrogens is 1190 g/mol. The Labute approximate surface area is 324 Å². The van der Waals surface area contributed by atoms with Gasteiger partial charge in [0.1, 0.15) is 0 Å². The van der Waals surface area contributed by atoms with Crippen LogP contribution in [0.25, 0.3) is 0 Å². The molecule has 0 spiro atoms. The molecule has 0 aromatic rings. The Morgan fingerprint density at radius 1 is 0.829 bits per heavy atom. The summed E-state index contributed by atoms with van der Waals surface area (Å²) < 4.78 is 0. The third-order valence-corrected chi connectivity index (χ3v) is 7.27. The van der Waals surface area contributed by atoms with Crippen molar-refractivity contribution in [2.24, 2.45) is 28.4 Å². The van der Waals surface area contributed by atoms with E-state index in [9.17, 15) is 0 Å². The fraction of sp³-hybridized carbons (Fsp3) is 0.688. The van der Waals surface area contributed by atoms with Crippen molar-refractivity contribution in [3.8, 4) is 12.1 Å². The Kier molecular flexibility index (Phi) is 37.8. The second-order valence-electron chi connectivity index (χ2n) is 12.0. The molecule has 2 rings (SSSR count). The van der Waals surface area contributed by atoms with Crippen LogP contribution in [-0.2, 0) is 0 Å². The van der Waals surface area contributed by atoms with Gasteiger partial charge in [-0.1, -0.05) is 54.4 Å². The maximum absolute atomic E-state index is 8.68. The number of hydrogen-bond acceptors (Lipinski definition) is 3. The average Bonchev–Trinajstić information content (AvgIpc) is 3.74. The summed E-state index contributed by atoms with van der Waals surface area (Å²) in [4.78, 5) is 0. The molecule has 0 aliphatic heterocycles. The summed E-state index contributed by atoms with van der Waals surface area (Å²) in [6.45, 7) is 20.2. The summed E-state index contributed by atoms with van der Waals surface area (Å²) in [6, 6.07) is 4.37. The first kappa shape index (κ1) is 50.1. The van der Waals surface area contributed by atoms with E-state index in [1.54, 1.807) is 6.08 Å². The predicted octanol–water partition coefficient (Wildman–Crippen LogP) is 10.4. The van der Waals surface area contributed by atoms with Gasteiger partial charge in [0.2, 0.25) is 0 Å². The zero-order valence-corrected chi connectivity index (χ0v) is 39.7. The molecule has 0 saturated heterocycles. The standard InChI is InChI=1S/C11H21N.C11H17N.C10H15N.I3.I2.HI/c2*1-9(2)5-4-6-11(3)7-10(11)8-12;1-9(2)5-4-6-10(3)7-8-11;1-3-2;1-2;/h5,10H,4,6-8,12H2,1-3H3;5,10H,4,6-7H2,1-3H3;5,7H,4,6H2,1-3H3;;;1H/q;;;-1;;/b;;10-7+;;;. The van der Waals surface area contributed by atoms with Gasteiger partial charge in [0, 0.05) is 43.3 Å². The average molecular weight is 1240 g/mol. The normalized spacial score (nSPS) is 22.7. The third kappa shape index (κ3) is 30.7. The van der Waals surface area contributed by atoms with Crippen LogP contribution in [0.15, 0.2) is 46.6 Å². The number of nitrogens with zero attached hydrogens (tertiary/aromatic N) is 2. The Morgan fingerprint density at radius 3 is 1.56 bits per heavy atom. The molecule has 240 valence electrons. The number of nitrogens with two attached hydrogens (primary N) is 1. The predicted molar refractivity (Wildman–Crippen MR) is 224 cm³/mol. The summed E-state index contributed by atoms with van der Waals surface area (Å²) in [5.74, 6) is 1.14. The fourth-order valence-electron chi connectivity index (χ4n) is 4.22. The third-order valence-electron chi connectivity index (χ3n) is 7.27. The molecule has 0 bridgehead atoms. The van der Waals surface area contributed by atoms with Crippen LogP contribution >= 0.6 is 98.4 Å². The van der Waals surface area contributed by atoms with Gasteiger partial charge >= 0.3 is 50.5 Å². The van der Waals surface area contributed by atoms with Gasteiger partial charge in [-0.3, -0.25) is 0 Å². The van der Waals surface area contributed by atoms with Crippen LogP contribution in [-0.4, -0.2) is 6.54 Å². The van der Waals surface area contributed by atoms with Gasteiger partial charge in [-0.25, -0.2) is 0 Å². The molecule has 9 heteroatoms. The van der Waals surface area contributed by atoms with Gasteiger partial charge < -0.3 is 5.73 Å². The first-order valence-corrected chi connectivity index (χ1v) is 32.7. The molecule has 2 saturated carbocycles. The SMILES string of the molecule is CC(C)=CCC/C(C)=C/C#N.CC(C)=CCCC1(C)CC1C#N.CC(C)=CCCC1(C)CC1CN.I.II.I[I-]I. The van der Waals surface area contributed by atoms with Crippen molar-refractivity contribution < 1.29 is 13.3 Å². The number of allylic oxidation sites excluding steroid dienone is 8. The van der Waals surface area contributed by atoms with Crippen molar-refractivity contribution in [1.82, 2.24) is 0 Å². The van der Waals surface area contributed by atoms with Gasteiger partial charge in [0.25, 0.3) is 0 Å². The van der Waals surface area contributed by atoms with E-state index in [0.29, 0.717) is 30.0 Å². The van der Waals surface area contributed by atoms with E-state index in [2.05, 4.69) is 154 Å². The molecule has 2 aliphatic rings. The summed E-state index contributed by atoms with van der Waals surface area (Å²) in [6.07, 6.45) is 17.8. The monoisotopic (exact) mass is 1240 g/mol. The Hall–Kier alpha value is 2.28. The number of halogens is 6. The number of hydrogen-bond donors (Lipinski definition) is 1. The van der Waals surface area contributed by atoms with Gasteiger partial charge in [-0.2, -0.15) is 10.5 Å². The van der Waals surface area contributed by atoms with E-state index in [1.807, 2.05) is 13.0 Å². The van der Waals surface area contributed by atoms with E-state index in [4.69, 9.17) is 16.3 Å². The Morgan fingerprint density at radius 2 is 1.24 bits per heavy atom. The van der Waals surface area contributed by atoms with E-state index < -0.39 is 0 Å². The van der Waals surface area contributed by atoms with Crippen LogP contribution < -0.4 is 19.0 Å². The molecule has 0 radical (unpaired) electrons. The van der Waals surface area contributed by atoms with Crippen molar-refractivity contribution in [1.29, 1.82) is 10.5 Å². The summed E-state index contributed by atoms with van der Waals surface area (Å²) >= 11 is 9.54. The summed E-state index contributed by atoms with van der Waals surface area (Å²) in [7, 11) is 0. The molecule has 2 fully saturated rings. The van der Waals surface area contributed by atoms with Crippen molar-refractivity contribution in [3.63, 3.8) is 0 Å². The van der Waals surface area contributed by atoms with Gasteiger partial charge in [-0.15, -0.1) is 24.0 Å². The zero-order valence-electron chi connectivity index (χ0n) is 26.6. The van der Waals surface area contributed by atoms with Crippen molar-refractivity contribution in [2.45, 2.75) is 114 Å². The Balaban J connectivity index is -0.000000229. The molecule has 0 amide bonds.